The minimum Gasteiger partial charge on any atom is -1.00 e. The lowest BCUT2D eigenvalue weighted by Gasteiger charge is -2.01. The Morgan fingerprint density at radius 3 is 2.30 bits per heavy atom. The number of allylic oxidation sites excluding steroid dienone is 1. The number of halogens is 1. The van der Waals surface area contributed by atoms with Crippen LogP contribution < -0.4 is 21.5 Å². The third-order valence-electron chi connectivity index (χ3n) is 4.86. The molecule has 6 nitrogen and oxygen atoms in total. The molecule has 2 heterocycles. The van der Waals surface area contributed by atoms with Crippen molar-refractivity contribution in [3.8, 4) is 29.1 Å². The second-order valence-corrected chi connectivity index (χ2v) is 7.05. The summed E-state index contributed by atoms with van der Waals surface area (Å²) in [4.78, 5) is 12.6. The first-order valence-electron chi connectivity index (χ1n) is 9.92. The van der Waals surface area contributed by atoms with Crippen LogP contribution in [0.4, 0.5) is 0 Å². The van der Waals surface area contributed by atoms with Gasteiger partial charge in [-0.25, -0.2) is 4.68 Å². The summed E-state index contributed by atoms with van der Waals surface area (Å²) in [6.07, 6.45) is 6.97. The highest BCUT2D eigenvalue weighted by atomic mass is 79.9. The molecule has 33 heavy (non-hydrogen) atoms. The van der Waals surface area contributed by atoms with Gasteiger partial charge in [0.1, 0.15) is 23.4 Å². The number of carbonyl (C=O) groups is 1. The fourth-order valence-electron chi connectivity index (χ4n) is 3.32. The molecule has 0 atom stereocenters. The van der Waals surface area contributed by atoms with E-state index in [4.69, 9.17) is 5.10 Å². The van der Waals surface area contributed by atoms with Gasteiger partial charge in [0.05, 0.1) is 11.3 Å². The molecule has 7 heteroatoms. The normalized spacial score (nSPS) is 9.76. The van der Waals surface area contributed by atoms with E-state index in [0.29, 0.717) is 16.8 Å². The minimum absolute atomic E-state index is 0. The van der Waals surface area contributed by atoms with E-state index < -0.39 is 0 Å². The van der Waals surface area contributed by atoms with Crippen molar-refractivity contribution in [1.29, 1.82) is 10.5 Å². The number of hydrogen-bond donors (Lipinski definition) is 0. The predicted molar refractivity (Wildman–Crippen MR) is 119 cm³/mol. The Hall–Kier alpha value is -4.33. The van der Waals surface area contributed by atoms with Crippen LogP contribution in [0.3, 0.4) is 0 Å². The molecule has 0 aliphatic rings. The number of hydrogen-bond acceptors (Lipinski definition) is 4. The SMILES string of the molecule is N#CC(C#N)=Cc1cn(-c2ccccc2)nc1-c1ccc[n+](CC(=O)c2ccccc2)c1.[Br-]. The van der Waals surface area contributed by atoms with Crippen molar-refractivity contribution in [1.82, 2.24) is 9.78 Å². The van der Waals surface area contributed by atoms with E-state index >= 15 is 0 Å². The van der Waals surface area contributed by atoms with Crippen molar-refractivity contribution in [3.63, 3.8) is 0 Å². The number of para-hydroxylation sites is 1. The molecule has 4 aromatic rings. The van der Waals surface area contributed by atoms with Crippen molar-refractivity contribution in [2.45, 2.75) is 6.54 Å². The zero-order valence-electron chi connectivity index (χ0n) is 17.5. The lowest BCUT2D eigenvalue weighted by atomic mass is 10.1. The number of benzene rings is 2. The van der Waals surface area contributed by atoms with E-state index in [1.807, 2.05) is 85.2 Å². The summed E-state index contributed by atoms with van der Waals surface area (Å²) < 4.78 is 3.51. The molecule has 0 saturated carbocycles. The van der Waals surface area contributed by atoms with Crippen molar-refractivity contribution < 1.29 is 26.3 Å². The highest BCUT2D eigenvalue weighted by molar-refractivity contribution is 5.95. The quantitative estimate of drug-likeness (QED) is 0.228. The Morgan fingerprint density at radius 1 is 0.970 bits per heavy atom. The van der Waals surface area contributed by atoms with Gasteiger partial charge >= 0.3 is 0 Å². The van der Waals surface area contributed by atoms with E-state index in [0.717, 1.165) is 11.3 Å². The van der Waals surface area contributed by atoms with Crippen LogP contribution in [0.25, 0.3) is 23.0 Å². The standard InChI is InChI=1S/C26H18N5O.BrH/c27-15-20(16-28)14-23-18-31(24-11-5-2-6-12-24)29-26(23)22-10-7-13-30(17-22)19-25(32)21-8-3-1-4-9-21;/h1-14,17-18H,19H2;1H/q+1;/p-1. The molecule has 0 N–H and O–H groups in total. The number of carbonyl (C=O) groups excluding carboxylic acids is 1. The van der Waals surface area contributed by atoms with Crippen LogP contribution in [0.2, 0.25) is 0 Å². The smallest absolute Gasteiger partial charge is 0.227 e. The van der Waals surface area contributed by atoms with Gasteiger partial charge in [-0.1, -0.05) is 48.5 Å². The van der Waals surface area contributed by atoms with Crippen LogP contribution >= 0.6 is 0 Å². The average Bonchev–Trinajstić information content (AvgIpc) is 3.27. The van der Waals surface area contributed by atoms with Crippen molar-refractivity contribution in [2.24, 2.45) is 0 Å². The first-order chi connectivity index (χ1) is 15.7. The molecule has 4 rings (SSSR count). The van der Waals surface area contributed by atoms with Gasteiger partial charge in [-0.15, -0.1) is 0 Å². The summed E-state index contributed by atoms with van der Waals surface area (Å²) in [6, 6.07) is 26.2. The van der Waals surface area contributed by atoms with E-state index in [2.05, 4.69) is 0 Å². The summed E-state index contributed by atoms with van der Waals surface area (Å²) >= 11 is 0. The molecule has 0 saturated heterocycles. The van der Waals surface area contributed by atoms with Gasteiger partial charge < -0.3 is 17.0 Å². The molecule has 0 aliphatic heterocycles. The topological polar surface area (TPSA) is 86.3 Å². The largest absolute Gasteiger partial charge is 1.00 e. The van der Waals surface area contributed by atoms with Gasteiger partial charge in [0.25, 0.3) is 0 Å². The number of ketones is 1. The van der Waals surface area contributed by atoms with Crippen molar-refractivity contribution >= 4 is 11.9 Å². The highest BCUT2D eigenvalue weighted by Crippen LogP contribution is 2.25. The van der Waals surface area contributed by atoms with Gasteiger partial charge in [0.2, 0.25) is 12.3 Å². The number of aromatic nitrogens is 3. The van der Waals surface area contributed by atoms with Gasteiger partial charge in [-0.2, -0.15) is 20.2 Å². The maximum atomic E-state index is 12.6. The van der Waals surface area contributed by atoms with Crippen molar-refractivity contribution in [3.05, 3.63) is 108 Å². The first kappa shape index (κ1) is 23.3. The third kappa shape index (κ3) is 5.48. The van der Waals surface area contributed by atoms with Crippen molar-refractivity contribution in [2.75, 3.05) is 0 Å². The van der Waals surface area contributed by atoms with Gasteiger partial charge in [-0.3, -0.25) is 4.79 Å². The summed E-state index contributed by atoms with van der Waals surface area (Å²) in [5.74, 6) is -0.000989. The Labute approximate surface area is 202 Å². The summed E-state index contributed by atoms with van der Waals surface area (Å²) in [7, 11) is 0. The van der Waals surface area contributed by atoms with Crippen LogP contribution in [0, 0.1) is 22.7 Å². The molecule has 0 radical (unpaired) electrons. The number of Topliss-reactive ketones (excluding diaryl/α,β-unsaturated/α-hetero) is 1. The summed E-state index contributed by atoms with van der Waals surface area (Å²) in [5, 5.41) is 23.1. The molecule has 160 valence electrons. The molecule has 0 bridgehead atoms. The lowest BCUT2D eigenvalue weighted by Crippen LogP contribution is -3.00. The van der Waals surface area contributed by atoms with Crippen LogP contribution in [0.5, 0.6) is 0 Å². The van der Waals surface area contributed by atoms with Crippen LogP contribution in [-0.4, -0.2) is 15.6 Å². The fraction of sp³-hybridized carbons (Fsp3) is 0.0385. The number of nitriles is 2. The molecule has 0 amide bonds. The van der Waals surface area contributed by atoms with E-state index in [1.54, 1.807) is 27.6 Å². The second kappa shape index (κ2) is 10.8. The molecular weight excluding hydrogens is 478 g/mol. The Kier molecular flexibility index (Phi) is 7.64. The predicted octanol–water partition coefficient (Wildman–Crippen LogP) is 1.14. The Balaban J connectivity index is 0.00000306. The van der Waals surface area contributed by atoms with Crippen LogP contribution in [-0.2, 0) is 6.54 Å². The monoisotopic (exact) mass is 495 g/mol. The number of nitrogens with zero attached hydrogens (tertiary/aromatic N) is 5. The van der Waals surface area contributed by atoms with Gasteiger partial charge in [0, 0.05) is 23.4 Å². The minimum atomic E-state index is -0.0121. The van der Waals surface area contributed by atoms with E-state index in [-0.39, 0.29) is 34.9 Å². The fourth-order valence-corrected chi connectivity index (χ4v) is 3.32. The van der Waals surface area contributed by atoms with Crippen LogP contribution in [0.15, 0.2) is 97.0 Å². The molecule has 2 aromatic carbocycles. The molecule has 2 aromatic heterocycles. The van der Waals surface area contributed by atoms with E-state index in [9.17, 15) is 15.3 Å². The summed E-state index contributed by atoms with van der Waals surface area (Å²) in [6.45, 7) is 0.185. The molecular formula is C26H18BrN5O. The molecule has 0 fully saturated rings. The first-order valence-corrected chi connectivity index (χ1v) is 9.92. The maximum Gasteiger partial charge on any atom is 0.227 e. The zero-order chi connectivity index (χ0) is 22.3. The van der Waals surface area contributed by atoms with E-state index in [1.165, 1.54) is 6.08 Å². The summed E-state index contributed by atoms with van der Waals surface area (Å²) in [5.41, 5.74) is 3.51. The molecule has 0 aliphatic carbocycles. The molecule has 0 spiro atoms. The average molecular weight is 496 g/mol. The second-order valence-electron chi connectivity index (χ2n) is 7.05. The number of pyridine rings is 1. The lowest BCUT2D eigenvalue weighted by molar-refractivity contribution is -0.682. The van der Waals surface area contributed by atoms with Gasteiger partial charge in [0.15, 0.2) is 12.4 Å². The number of rotatable bonds is 6. The van der Waals surface area contributed by atoms with Crippen LogP contribution in [0.1, 0.15) is 15.9 Å². The highest BCUT2D eigenvalue weighted by Gasteiger charge is 2.17. The molecule has 0 unspecified atom stereocenters. The Bertz CT molecular complexity index is 1360. The zero-order valence-corrected chi connectivity index (χ0v) is 19.1. The van der Waals surface area contributed by atoms with Gasteiger partial charge in [-0.05, 0) is 24.3 Å². The maximum absolute atomic E-state index is 12.6. The Morgan fingerprint density at radius 2 is 1.64 bits per heavy atom. The third-order valence-corrected chi connectivity index (χ3v) is 4.86.